The molecule has 4 unspecified atom stereocenters. The summed E-state index contributed by atoms with van der Waals surface area (Å²) >= 11 is 0. The van der Waals surface area contributed by atoms with E-state index >= 15 is 0 Å². The Bertz CT molecular complexity index is 1070. The summed E-state index contributed by atoms with van der Waals surface area (Å²) in [5.41, 5.74) is 3.63. The van der Waals surface area contributed by atoms with Crippen LogP contribution in [-0.2, 0) is 10.2 Å². The number of hydrogen-bond acceptors (Lipinski definition) is 2. The standard InChI is InChI=1S/C36H48O2.C3H8.2C2H6/c1-7-27-16-15-21-33(27)38-34(36(6,30-17-11-9-12-18-30)31-19-13-10-14-20-31)37-32-24-22-29(23-25-32)28(8-2)26-35(3,4)5;1-3-2;2*1-2/h9-14,17-20,22-25,27-28,33-34H,7-8,15-16,21,26H2,1-6H3;3H2,1-2H3;2*1-2H3. The Kier molecular flexibility index (Phi) is 19.1. The molecule has 0 saturated heterocycles. The summed E-state index contributed by atoms with van der Waals surface area (Å²) in [7, 11) is 0. The first kappa shape index (κ1) is 40.4. The van der Waals surface area contributed by atoms with E-state index in [0.717, 1.165) is 25.0 Å². The second kappa shape index (κ2) is 21.3. The fourth-order valence-electron chi connectivity index (χ4n) is 6.28. The summed E-state index contributed by atoms with van der Waals surface area (Å²) in [4.78, 5) is 0. The van der Waals surface area contributed by atoms with Crippen LogP contribution >= 0.6 is 0 Å². The molecule has 252 valence electrons. The molecule has 0 radical (unpaired) electrons. The molecule has 0 heterocycles. The van der Waals surface area contributed by atoms with Crippen molar-refractivity contribution in [2.75, 3.05) is 0 Å². The van der Waals surface area contributed by atoms with Crippen molar-refractivity contribution in [2.45, 2.75) is 152 Å². The van der Waals surface area contributed by atoms with Crippen molar-refractivity contribution in [2.24, 2.45) is 11.3 Å². The van der Waals surface area contributed by atoms with Gasteiger partial charge in [-0.2, -0.15) is 0 Å². The molecule has 3 aromatic rings. The number of hydrogen-bond donors (Lipinski definition) is 0. The van der Waals surface area contributed by atoms with Crippen LogP contribution in [-0.4, -0.2) is 12.4 Å². The zero-order valence-electron chi connectivity index (χ0n) is 31.2. The van der Waals surface area contributed by atoms with Crippen molar-refractivity contribution in [3.8, 4) is 5.75 Å². The van der Waals surface area contributed by atoms with Crippen LogP contribution in [0, 0.1) is 11.3 Å². The summed E-state index contributed by atoms with van der Waals surface area (Å²) in [6.07, 6.45) is 8.04. The SMILES string of the molecule is CC.CC.CCC.CCC(CC(C)(C)C)c1ccc(OC(OC2CCCC2CC)C(C)(c2ccccc2)c2ccccc2)cc1. The molecule has 2 nitrogen and oxygen atoms in total. The van der Waals surface area contributed by atoms with Gasteiger partial charge in [0, 0.05) is 0 Å². The molecule has 4 atom stereocenters. The molecule has 0 bridgehead atoms. The lowest BCUT2D eigenvalue weighted by molar-refractivity contribution is -0.157. The highest BCUT2D eigenvalue weighted by Gasteiger charge is 2.43. The summed E-state index contributed by atoms with van der Waals surface area (Å²) in [5.74, 6) is 2.01. The molecule has 4 rings (SSSR count). The lowest BCUT2D eigenvalue weighted by Gasteiger charge is -2.40. The second-order valence-corrected chi connectivity index (χ2v) is 13.3. The second-order valence-electron chi connectivity index (χ2n) is 13.3. The predicted molar refractivity (Wildman–Crippen MR) is 198 cm³/mol. The molecule has 1 saturated carbocycles. The number of benzene rings is 3. The molecule has 0 amide bonds. The van der Waals surface area contributed by atoms with Crippen molar-refractivity contribution in [1.82, 2.24) is 0 Å². The maximum absolute atomic E-state index is 7.04. The van der Waals surface area contributed by atoms with Crippen LogP contribution in [0.3, 0.4) is 0 Å². The van der Waals surface area contributed by atoms with E-state index < -0.39 is 11.7 Å². The lowest BCUT2D eigenvalue weighted by Crippen LogP contribution is -2.46. The van der Waals surface area contributed by atoms with Crippen molar-refractivity contribution in [1.29, 1.82) is 0 Å². The molecule has 0 aromatic heterocycles. The van der Waals surface area contributed by atoms with Gasteiger partial charge in [0.2, 0.25) is 6.29 Å². The molecule has 0 aliphatic heterocycles. The van der Waals surface area contributed by atoms with Gasteiger partial charge in [0.1, 0.15) is 5.75 Å². The van der Waals surface area contributed by atoms with Gasteiger partial charge in [0.15, 0.2) is 0 Å². The van der Waals surface area contributed by atoms with E-state index in [1.807, 2.05) is 27.7 Å². The monoisotopic (exact) mass is 617 g/mol. The van der Waals surface area contributed by atoms with Crippen LogP contribution in [0.1, 0.15) is 151 Å². The van der Waals surface area contributed by atoms with E-state index in [9.17, 15) is 0 Å². The maximum Gasteiger partial charge on any atom is 0.213 e. The van der Waals surface area contributed by atoms with Crippen molar-refractivity contribution in [3.05, 3.63) is 102 Å². The quantitative estimate of drug-likeness (QED) is 0.200. The Hall–Kier alpha value is -2.58. The third-order valence-corrected chi connectivity index (χ3v) is 8.58. The van der Waals surface area contributed by atoms with E-state index in [4.69, 9.17) is 9.47 Å². The highest BCUT2D eigenvalue weighted by molar-refractivity contribution is 5.40. The predicted octanol–water partition coefficient (Wildman–Crippen LogP) is 13.4. The largest absolute Gasteiger partial charge is 0.464 e. The van der Waals surface area contributed by atoms with Crippen LogP contribution in [0.25, 0.3) is 0 Å². The van der Waals surface area contributed by atoms with Crippen LogP contribution in [0.5, 0.6) is 5.75 Å². The average Bonchev–Trinajstić information content (AvgIpc) is 3.53. The molecule has 1 aliphatic carbocycles. The minimum atomic E-state index is -0.472. The Morgan fingerprint density at radius 3 is 1.60 bits per heavy atom. The molecule has 3 aromatic carbocycles. The van der Waals surface area contributed by atoms with E-state index in [1.54, 1.807) is 0 Å². The normalized spacial score (nSPS) is 17.3. The zero-order chi connectivity index (χ0) is 33.9. The van der Waals surface area contributed by atoms with Gasteiger partial charge in [-0.15, -0.1) is 0 Å². The van der Waals surface area contributed by atoms with Crippen LogP contribution in [0.4, 0.5) is 0 Å². The van der Waals surface area contributed by atoms with Gasteiger partial charge in [-0.1, -0.05) is 168 Å². The summed E-state index contributed by atoms with van der Waals surface area (Å²) in [5, 5.41) is 0. The molecule has 45 heavy (non-hydrogen) atoms. The molecule has 2 heteroatoms. The minimum Gasteiger partial charge on any atom is -0.464 e. The third-order valence-electron chi connectivity index (χ3n) is 8.58. The topological polar surface area (TPSA) is 18.5 Å². The van der Waals surface area contributed by atoms with Crippen LogP contribution in [0.15, 0.2) is 84.9 Å². The Balaban J connectivity index is 0.00000134. The zero-order valence-corrected chi connectivity index (χ0v) is 31.2. The van der Waals surface area contributed by atoms with Crippen molar-refractivity contribution < 1.29 is 9.47 Å². The van der Waals surface area contributed by atoms with Crippen LogP contribution < -0.4 is 4.74 Å². The Morgan fingerprint density at radius 2 is 1.18 bits per heavy atom. The molecule has 1 aliphatic rings. The van der Waals surface area contributed by atoms with Crippen molar-refractivity contribution in [3.63, 3.8) is 0 Å². The first-order valence-corrected chi connectivity index (χ1v) is 18.2. The Morgan fingerprint density at radius 1 is 0.689 bits per heavy atom. The molecule has 0 spiro atoms. The van der Waals surface area contributed by atoms with Gasteiger partial charge in [0.05, 0.1) is 11.5 Å². The van der Waals surface area contributed by atoms with E-state index in [1.165, 1.54) is 42.4 Å². The first-order valence-electron chi connectivity index (χ1n) is 18.2. The van der Waals surface area contributed by atoms with Gasteiger partial charge in [-0.25, -0.2) is 0 Å². The average molecular weight is 617 g/mol. The van der Waals surface area contributed by atoms with E-state index in [0.29, 0.717) is 17.3 Å². The molecular weight excluding hydrogens is 548 g/mol. The first-order chi connectivity index (χ1) is 21.7. The molecule has 1 fully saturated rings. The minimum absolute atomic E-state index is 0.215. The summed E-state index contributed by atoms with van der Waals surface area (Å²) < 4.78 is 13.9. The maximum atomic E-state index is 7.04. The fourth-order valence-corrected chi connectivity index (χ4v) is 6.28. The Labute approximate surface area is 279 Å². The number of ether oxygens (including phenoxy) is 2. The summed E-state index contributed by atoms with van der Waals surface area (Å²) in [6.45, 7) is 26.1. The van der Waals surface area contributed by atoms with Gasteiger partial charge in [-0.3, -0.25) is 0 Å². The van der Waals surface area contributed by atoms with E-state index in [-0.39, 0.29) is 6.10 Å². The van der Waals surface area contributed by atoms with Gasteiger partial charge in [-0.05, 0) is 78.7 Å². The lowest BCUT2D eigenvalue weighted by atomic mass is 9.75. The summed E-state index contributed by atoms with van der Waals surface area (Å²) in [6, 6.07) is 30.3. The highest BCUT2D eigenvalue weighted by atomic mass is 16.7. The number of rotatable bonds is 11. The van der Waals surface area contributed by atoms with Crippen LogP contribution in [0.2, 0.25) is 0 Å². The fraction of sp³-hybridized carbons (Fsp3) is 0.581. The van der Waals surface area contributed by atoms with Gasteiger partial charge >= 0.3 is 0 Å². The smallest absolute Gasteiger partial charge is 0.213 e. The molecular formula is C43H68O2. The van der Waals surface area contributed by atoms with Gasteiger partial charge in [0.25, 0.3) is 0 Å². The third kappa shape index (κ3) is 12.3. The van der Waals surface area contributed by atoms with Crippen molar-refractivity contribution >= 4 is 0 Å². The van der Waals surface area contributed by atoms with Gasteiger partial charge < -0.3 is 9.47 Å². The molecule has 0 N–H and O–H groups in total. The van der Waals surface area contributed by atoms with E-state index in [2.05, 4.69) is 140 Å². The highest BCUT2D eigenvalue weighted by Crippen LogP contribution is 2.42.